The van der Waals surface area contributed by atoms with Crippen molar-refractivity contribution in [2.45, 2.75) is 31.6 Å². The van der Waals surface area contributed by atoms with Crippen LogP contribution in [0.2, 0.25) is 0 Å². The van der Waals surface area contributed by atoms with Crippen LogP contribution in [0.15, 0.2) is 38.3 Å². The van der Waals surface area contributed by atoms with Gasteiger partial charge in [-0.25, -0.2) is 4.39 Å². The van der Waals surface area contributed by atoms with E-state index in [2.05, 4.69) is 15.9 Å². The molecule has 4 rings (SSSR count). The molecule has 20 heavy (non-hydrogen) atoms. The summed E-state index contributed by atoms with van der Waals surface area (Å²) in [7, 11) is 0. The molecule has 2 unspecified atom stereocenters. The highest BCUT2D eigenvalue weighted by Gasteiger charge is 2.40. The first-order valence-corrected chi connectivity index (χ1v) is 8.90. The Kier molecular flexibility index (Phi) is 3.26. The summed E-state index contributed by atoms with van der Waals surface area (Å²) in [6.07, 6.45) is 4.70. The Hall–Kier alpha value is -0.610. The van der Waals surface area contributed by atoms with E-state index in [1.807, 2.05) is 23.9 Å². The molecule has 0 saturated heterocycles. The Labute approximate surface area is 130 Å². The van der Waals surface area contributed by atoms with Gasteiger partial charge in [0.1, 0.15) is 5.82 Å². The van der Waals surface area contributed by atoms with Gasteiger partial charge in [0.15, 0.2) is 0 Å². The predicted molar refractivity (Wildman–Crippen MR) is 85.7 cm³/mol. The average Bonchev–Trinajstić information content (AvgIpc) is 3.07. The number of hydrogen-bond donors (Lipinski definition) is 0. The van der Waals surface area contributed by atoms with Crippen LogP contribution >= 0.6 is 27.7 Å². The molecule has 104 valence electrons. The van der Waals surface area contributed by atoms with Gasteiger partial charge in [-0.1, -0.05) is 6.07 Å². The topological polar surface area (TPSA) is 12.4 Å². The summed E-state index contributed by atoms with van der Waals surface area (Å²) in [4.78, 5) is 6.35. The summed E-state index contributed by atoms with van der Waals surface area (Å²) in [6, 6.07) is 5.50. The first kappa shape index (κ1) is 13.1. The quantitative estimate of drug-likeness (QED) is 0.670. The smallest absolute Gasteiger partial charge is 0.137 e. The molecule has 1 aromatic rings. The van der Waals surface area contributed by atoms with Crippen LogP contribution in [0.5, 0.6) is 0 Å². The fourth-order valence-electron chi connectivity index (χ4n) is 3.64. The van der Waals surface area contributed by atoms with Gasteiger partial charge in [0.05, 0.1) is 10.2 Å². The Bertz CT molecular complexity index is 637. The summed E-state index contributed by atoms with van der Waals surface area (Å²) >= 11 is 5.28. The van der Waals surface area contributed by atoms with E-state index < -0.39 is 0 Å². The highest BCUT2D eigenvalue weighted by atomic mass is 79.9. The van der Waals surface area contributed by atoms with Gasteiger partial charge in [-0.2, -0.15) is 0 Å². The molecule has 1 aromatic carbocycles. The van der Waals surface area contributed by atoms with Crippen molar-refractivity contribution < 1.29 is 4.39 Å². The number of hydrogen-bond acceptors (Lipinski definition) is 2. The van der Waals surface area contributed by atoms with Crippen LogP contribution in [-0.2, 0) is 0 Å². The summed E-state index contributed by atoms with van der Waals surface area (Å²) in [5.41, 5.74) is 3.92. The number of fused-ring (bicyclic) bond motifs is 1. The number of thioether (sulfide) groups is 1. The molecule has 0 spiro atoms. The minimum absolute atomic E-state index is 0.182. The SMILES string of the molecule is Fc1ccc(C2C3=C(CCS3)N=C3CCCC32)cc1Br. The van der Waals surface area contributed by atoms with Crippen molar-refractivity contribution in [1.82, 2.24) is 0 Å². The number of aliphatic imine (C=N–C) groups is 1. The molecule has 0 radical (unpaired) electrons. The van der Waals surface area contributed by atoms with Crippen LogP contribution in [0.4, 0.5) is 4.39 Å². The highest BCUT2D eigenvalue weighted by Crippen LogP contribution is 2.52. The Balaban J connectivity index is 1.82. The van der Waals surface area contributed by atoms with Gasteiger partial charge in [0.2, 0.25) is 0 Å². The van der Waals surface area contributed by atoms with Gasteiger partial charge in [-0.05, 0) is 59.3 Å². The standard InChI is InChI=1S/C16H15BrFNS/c17-11-8-9(4-5-12(11)18)15-10-2-1-3-13(10)19-14-6-7-20-16(14)15/h4-5,8,10,15H,1-3,6-7H2. The molecule has 2 heterocycles. The zero-order chi connectivity index (χ0) is 13.7. The molecular formula is C16H15BrFNS. The second-order valence-electron chi connectivity index (χ2n) is 5.66. The number of nitrogens with zero attached hydrogens (tertiary/aromatic N) is 1. The van der Waals surface area contributed by atoms with Crippen LogP contribution in [-0.4, -0.2) is 11.5 Å². The third kappa shape index (κ3) is 2.00. The van der Waals surface area contributed by atoms with E-state index in [9.17, 15) is 4.39 Å². The van der Waals surface area contributed by atoms with E-state index in [0.717, 1.165) is 18.6 Å². The molecule has 0 amide bonds. The van der Waals surface area contributed by atoms with Gasteiger partial charge in [0, 0.05) is 28.2 Å². The maximum absolute atomic E-state index is 13.5. The maximum Gasteiger partial charge on any atom is 0.137 e. The fraction of sp³-hybridized carbons (Fsp3) is 0.438. The van der Waals surface area contributed by atoms with Crippen molar-refractivity contribution in [3.8, 4) is 0 Å². The lowest BCUT2D eigenvalue weighted by molar-refractivity contribution is 0.580. The summed E-state index contributed by atoms with van der Waals surface area (Å²) in [5, 5.41) is 0. The second-order valence-corrected chi connectivity index (χ2v) is 7.65. The van der Waals surface area contributed by atoms with E-state index >= 15 is 0 Å². The van der Waals surface area contributed by atoms with Crippen LogP contribution in [0.1, 0.15) is 37.2 Å². The molecule has 3 aliphatic rings. The molecule has 1 saturated carbocycles. The lowest BCUT2D eigenvalue weighted by atomic mass is 9.81. The van der Waals surface area contributed by atoms with E-state index in [0.29, 0.717) is 16.3 Å². The number of halogens is 2. The third-order valence-electron chi connectivity index (χ3n) is 4.52. The van der Waals surface area contributed by atoms with E-state index in [4.69, 9.17) is 4.99 Å². The van der Waals surface area contributed by atoms with Crippen LogP contribution in [0.3, 0.4) is 0 Å². The summed E-state index contributed by atoms with van der Waals surface area (Å²) in [5.74, 6) is 1.91. The van der Waals surface area contributed by atoms with Crippen molar-refractivity contribution in [3.63, 3.8) is 0 Å². The van der Waals surface area contributed by atoms with Gasteiger partial charge in [0.25, 0.3) is 0 Å². The molecule has 1 nitrogen and oxygen atoms in total. The Morgan fingerprint density at radius 2 is 2.20 bits per heavy atom. The van der Waals surface area contributed by atoms with E-state index in [-0.39, 0.29) is 5.82 Å². The molecular weight excluding hydrogens is 337 g/mol. The lowest BCUT2D eigenvalue weighted by Crippen LogP contribution is -2.22. The summed E-state index contributed by atoms with van der Waals surface area (Å²) in [6.45, 7) is 0. The molecule has 0 N–H and O–H groups in total. The molecule has 1 aliphatic carbocycles. The van der Waals surface area contributed by atoms with Crippen molar-refractivity contribution >= 4 is 33.4 Å². The summed E-state index contributed by atoms with van der Waals surface area (Å²) < 4.78 is 14.1. The zero-order valence-electron chi connectivity index (χ0n) is 11.0. The minimum Gasteiger partial charge on any atom is -0.261 e. The van der Waals surface area contributed by atoms with Gasteiger partial charge >= 0.3 is 0 Å². The van der Waals surface area contributed by atoms with Crippen molar-refractivity contribution in [1.29, 1.82) is 0 Å². The molecule has 1 fully saturated rings. The van der Waals surface area contributed by atoms with Crippen molar-refractivity contribution in [2.24, 2.45) is 10.9 Å². The third-order valence-corrected chi connectivity index (χ3v) is 6.34. The first-order chi connectivity index (χ1) is 9.74. The number of allylic oxidation sites excluding steroid dienone is 2. The fourth-order valence-corrected chi connectivity index (χ4v) is 5.35. The lowest BCUT2D eigenvalue weighted by Gasteiger charge is -2.29. The second kappa shape index (κ2) is 4.99. The average molecular weight is 352 g/mol. The normalized spacial score (nSPS) is 28.4. The molecule has 0 bridgehead atoms. The first-order valence-electron chi connectivity index (χ1n) is 7.12. The van der Waals surface area contributed by atoms with Crippen LogP contribution in [0.25, 0.3) is 0 Å². The van der Waals surface area contributed by atoms with E-state index in [1.54, 1.807) is 6.07 Å². The van der Waals surface area contributed by atoms with Gasteiger partial charge in [-0.15, -0.1) is 11.8 Å². The molecule has 2 atom stereocenters. The van der Waals surface area contributed by atoms with Crippen molar-refractivity contribution in [2.75, 3.05) is 5.75 Å². The monoisotopic (exact) mass is 351 g/mol. The molecule has 2 aliphatic heterocycles. The predicted octanol–water partition coefficient (Wildman–Crippen LogP) is 5.28. The maximum atomic E-state index is 13.5. The van der Waals surface area contributed by atoms with Crippen LogP contribution < -0.4 is 0 Å². The van der Waals surface area contributed by atoms with Crippen molar-refractivity contribution in [3.05, 3.63) is 44.7 Å². The minimum atomic E-state index is -0.182. The zero-order valence-corrected chi connectivity index (χ0v) is 13.4. The Morgan fingerprint density at radius 1 is 1.30 bits per heavy atom. The Morgan fingerprint density at radius 3 is 3.05 bits per heavy atom. The molecule has 4 heteroatoms. The van der Waals surface area contributed by atoms with E-state index in [1.165, 1.54) is 34.7 Å². The highest BCUT2D eigenvalue weighted by molar-refractivity contribution is 9.10. The largest absolute Gasteiger partial charge is 0.261 e. The van der Waals surface area contributed by atoms with Crippen LogP contribution in [0, 0.1) is 11.7 Å². The number of benzene rings is 1. The van der Waals surface area contributed by atoms with Gasteiger partial charge < -0.3 is 0 Å². The van der Waals surface area contributed by atoms with Gasteiger partial charge in [-0.3, -0.25) is 4.99 Å². The number of rotatable bonds is 1. The molecule has 0 aromatic heterocycles.